The van der Waals surface area contributed by atoms with Gasteiger partial charge in [0.15, 0.2) is 11.9 Å². The maximum atomic E-state index is 12.5. The van der Waals surface area contributed by atoms with E-state index in [-0.39, 0.29) is 38.4 Å². The molecule has 0 aliphatic heterocycles. The Bertz CT molecular complexity index is 1140. The first-order valence-corrected chi connectivity index (χ1v) is 23.5. The SMILES string of the molecule is CCCCC/C=C\C/C=C\C/C=C\C=C\C(=O)CCCC(=O)OC[C@H](COP(=O)([O-])OCC[N+](C)(C)C)O/C=C/CCCCCCCCCCCCCCCC. The van der Waals surface area contributed by atoms with Crippen molar-refractivity contribution < 1.29 is 42.1 Å². The van der Waals surface area contributed by atoms with Crippen molar-refractivity contribution in [1.29, 1.82) is 0 Å². The zero-order valence-electron chi connectivity index (χ0n) is 36.3. The number of ketones is 1. The highest BCUT2D eigenvalue weighted by atomic mass is 31.2. The van der Waals surface area contributed by atoms with Gasteiger partial charge in [-0.05, 0) is 57.1 Å². The van der Waals surface area contributed by atoms with Gasteiger partial charge in [0, 0.05) is 12.8 Å². The summed E-state index contributed by atoms with van der Waals surface area (Å²) >= 11 is 0. The van der Waals surface area contributed by atoms with Crippen molar-refractivity contribution in [3.05, 3.63) is 60.9 Å². The summed E-state index contributed by atoms with van der Waals surface area (Å²) in [5.41, 5.74) is 0. The third kappa shape index (κ3) is 41.3. The summed E-state index contributed by atoms with van der Waals surface area (Å²) in [4.78, 5) is 37.0. The summed E-state index contributed by atoms with van der Waals surface area (Å²) in [5, 5.41) is 0. The van der Waals surface area contributed by atoms with Crippen molar-refractivity contribution >= 4 is 19.6 Å². The monoisotopic (exact) mass is 808 g/mol. The zero-order valence-corrected chi connectivity index (χ0v) is 37.2. The number of hydrogen-bond donors (Lipinski definition) is 0. The van der Waals surface area contributed by atoms with Gasteiger partial charge in [0.2, 0.25) is 0 Å². The van der Waals surface area contributed by atoms with Gasteiger partial charge in [-0.3, -0.25) is 14.2 Å². The first kappa shape index (κ1) is 53.7. The number of nitrogens with zero attached hydrogens (tertiary/aromatic N) is 1. The van der Waals surface area contributed by atoms with Gasteiger partial charge in [0.25, 0.3) is 7.82 Å². The molecule has 10 heteroatoms. The van der Waals surface area contributed by atoms with Crippen LogP contribution in [0, 0.1) is 0 Å². The van der Waals surface area contributed by atoms with Crippen LogP contribution in [0.25, 0.3) is 0 Å². The number of ether oxygens (including phenoxy) is 2. The Kier molecular flexibility index (Phi) is 36.7. The molecule has 0 aliphatic rings. The predicted molar refractivity (Wildman–Crippen MR) is 231 cm³/mol. The minimum atomic E-state index is -4.57. The van der Waals surface area contributed by atoms with Crippen LogP contribution in [-0.2, 0) is 32.7 Å². The Morgan fingerprint density at radius 3 is 1.79 bits per heavy atom. The fourth-order valence-corrected chi connectivity index (χ4v) is 6.33. The maximum Gasteiger partial charge on any atom is 0.305 e. The third-order valence-electron chi connectivity index (χ3n) is 9.14. The number of hydrogen-bond acceptors (Lipinski definition) is 8. The van der Waals surface area contributed by atoms with Crippen LogP contribution in [0.3, 0.4) is 0 Å². The Morgan fingerprint density at radius 1 is 0.625 bits per heavy atom. The molecule has 0 spiro atoms. The Hall–Kier alpha value is -2.29. The standard InChI is InChI=1S/C46H82NO8P/c1-6-8-10-12-14-16-18-20-21-22-24-26-28-30-32-34-40-52-45(43-55-56(50,51)54-41-39-47(3,4)5)42-53-46(49)38-35-37-44(48)36-33-31-29-27-25-23-19-17-15-13-11-9-7-2/h15,17,23,25,29,31,33-34,36,40,45H,6-14,16,18-22,24,26-28,30,32,35,37-39,41-43H2,1-5H3/b17-15-,25-23-,31-29-,36-33+,40-34+/t45-/m1/s1. The summed E-state index contributed by atoms with van der Waals surface area (Å²) in [5.74, 6) is -0.560. The van der Waals surface area contributed by atoms with Crippen molar-refractivity contribution in [3.8, 4) is 0 Å². The minimum Gasteiger partial charge on any atom is -0.756 e. The largest absolute Gasteiger partial charge is 0.756 e. The van der Waals surface area contributed by atoms with Crippen molar-refractivity contribution in [3.63, 3.8) is 0 Å². The lowest BCUT2D eigenvalue weighted by Crippen LogP contribution is -2.37. The second-order valence-corrected chi connectivity index (χ2v) is 17.2. The van der Waals surface area contributed by atoms with Gasteiger partial charge in [-0.2, -0.15) is 0 Å². The van der Waals surface area contributed by atoms with Crippen LogP contribution in [0.4, 0.5) is 0 Å². The molecule has 0 rings (SSSR count). The lowest BCUT2D eigenvalue weighted by Gasteiger charge is -2.28. The molecule has 0 amide bonds. The molecule has 0 fully saturated rings. The number of carbonyl (C=O) groups is 2. The lowest BCUT2D eigenvalue weighted by atomic mass is 10.0. The number of likely N-dealkylation sites (N-methyl/N-ethyl adjacent to an activating group) is 1. The van der Waals surface area contributed by atoms with Crippen molar-refractivity contribution in [2.75, 3.05) is 47.5 Å². The van der Waals surface area contributed by atoms with Gasteiger partial charge in [-0.25, -0.2) is 0 Å². The molecule has 0 aromatic carbocycles. The van der Waals surface area contributed by atoms with Crippen LogP contribution in [0.1, 0.15) is 168 Å². The quantitative estimate of drug-likeness (QED) is 0.00879. The fourth-order valence-electron chi connectivity index (χ4n) is 5.60. The van der Waals surface area contributed by atoms with Crippen molar-refractivity contribution in [2.45, 2.75) is 174 Å². The van der Waals surface area contributed by atoms with Crippen molar-refractivity contribution in [1.82, 2.24) is 0 Å². The molecule has 0 saturated heterocycles. The van der Waals surface area contributed by atoms with Crippen LogP contribution < -0.4 is 4.89 Å². The van der Waals surface area contributed by atoms with E-state index in [9.17, 15) is 19.0 Å². The average molecular weight is 808 g/mol. The molecule has 1 unspecified atom stereocenters. The van der Waals surface area contributed by atoms with Crippen LogP contribution in [0.5, 0.6) is 0 Å². The number of carbonyl (C=O) groups excluding carboxylic acids is 2. The Labute approximate surface area is 343 Å². The maximum absolute atomic E-state index is 12.5. The summed E-state index contributed by atoms with van der Waals surface area (Å²) in [6, 6.07) is 0. The molecule has 324 valence electrons. The van der Waals surface area contributed by atoms with Crippen molar-refractivity contribution in [2.24, 2.45) is 0 Å². The lowest BCUT2D eigenvalue weighted by molar-refractivity contribution is -0.870. The molecule has 0 radical (unpaired) electrons. The highest BCUT2D eigenvalue weighted by Crippen LogP contribution is 2.38. The highest BCUT2D eigenvalue weighted by Gasteiger charge is 2.19. The summed E-state index contributed by atoms with van der Waals surface area (Å²) in [7, 11) is 1.23. The van der Waals surface area contributed by atoms with Crippen LogP contribution in [-0.4, -0.2) is 69.8 Å². The topological polar surface area (TPSA) is 111 Å². The van der Waals surface area contributed by atoms with Gasteiger partial charge >= 0.3 is 5.97 Å². The van der Waals surface area contributed by atoms with Crippen LogP contribution in [0.2, 0.25) is 0 Å². The number of allylic oxidation sites excluding steroid dienone is 9. The average Bonchev–Trinajstić information content (AvgIpc) is 3.14. The molecule has 0 N–H and O–H groups in total. The summed E-state index contributed by atoms with van der Waals surface area (Å²) in [6.45, 7) is 4.40. The van der Waals surface area contributed by atoms with E-state index in [1.54, 1.807) is 6.08 Å². The first-order valence-electron chi connectivity index (χ1n) is 22.0. The summed E-state index contributed by atoms with van der Waals surface area (Å²) in [6.07, 6.45) is 44.7. The molecular weight excluding hydrogens is 725 g/mol. The Morgan fingerprint density at radius 2 is 1.16 bits per heavy atom. The highest BCUT2D eigenvalue weighted by molar-refractivity contribution is 7.45. The summed E-state index contributed by atoms with van der Waals surface area (Å²) < 4.78 is 34.1. The second-order valence-electron chi connectivity index (χ2n) is 15.8. The van der Waals surface area contributed by atoms with E-state index >= 15 is 0 Å². The van der Waals surface area contributed by atoms with E-state index < -0.39 is 19.9 Å². The predicted octanol–water partition coefficient (Wildman–Crippen LogP) is 11.8. The second kappa shape index (κ2) is 38.2. The molecule has 2 atom stereocenters. The molecular formula is C46H82NO8P. The molecule has 0 aromatic heterocycles. The molecule has 56 heavy (non-hydrogen) atoms. The van der Waals surface area contributed by atoms with E-state index in [4.69, 9.17) is 18.5 Å². The molecule has 0 saturated carbocycles. The zero-order chi connectivity index (χ0) is 41.4. The molecule has 9 nitrogen and oxygen atoms in total. The van der Waals surface area contributed by atoms with Gasteiger partial charge in [0.1, 0.15) is 19.8 Å². The number of quaternary nitrogens is 1. The smallest absolute Gasteiger partial charge is 0.305 e. The Balaban J connectivity index is 4.49. The van der Waals surface area contributed by atoms with Gasteiger partial charge in [0.05, 0.1) is 34.0 Å². The first-order chi connectivity index (χ1) is 27.0. The van der Waals surface area contributed by atoms with E-state index in [0.717, 1.165) is 38.5 Å². The molecule has 0 aliphatic carbocycles. The van der Waals surface area contributed by atoms with Gasteiger partial charge in [-0.15, -0.1) is 0 Å². The van der Waals surface area contributed by atoms with E-state index in [0.29, 0.717) is 17.4 Å². The number of unbranched alkanes of at least 4 members (excludes halogenated alkanes) is 17. The van der Waals surface area contributed by atoms with E-state index in [2.05, 4.69) is 38.2 Å². The van der Waals surface area contributed by atoms with Crippen LogP contribution >= 0.6 is 7.82 Å². The number of phosphoric ester groups is 1. The molecule has 0 bridgehead atoms. The third-order valence-corrected chi connectivity index (χ3v) is 10.1. The number of rotatable bonds is 40. The van der Waals surface area contributed by atoms with Gasteiger partial charge in [-0.1, -0.05) is 153 Å². The van der Waals surface area contributed by atoms with Crippen LogP contribution in [0.15, 0.2) is 60.9 Å². The molecule has 0 heterocycles. The minimum absolute atomic E-state index is 0.0111. The number of esters is 1. The van der Waals surface area contributed by atoms with E-state index in [1.165, 1.54) is 109 Å². The normalized spacial score (nSPS) is 14.2. The number of phosphoric acid groups is 1. The molecule has 0 aromatic rings. The van der Waals surface area contributed by atoms with E-state index in [1.807, 2.05) is 39.4 Å². The van der Waals surface area contributed by atoms with Gasteiger partial charge < -0.3 is 27.9 Å². The fraction of sp³-hybridized carbons (Fsp3) is 0.739.